The fraction of sp³-hybridized carbons (Fsp3) is 0.158. The summed E-state index contributed by atoms with van der Waals surface area (Å²) in [6, 6.07) is 15.1. The number of aromatic nitrogens is 1. The van der Waals surface area contributed by atoms with Gasteiger partial charge in [0.15, 0.2) is 5.43 Å². The average Bonchev–Trinajstić information content (AvgIpc) is 2.98. The monoisotopic (exact) mass is 305 g/mol. The Morgan fingerprint density at radius 2 is 1.61 bits per heavy atom. The number of carbonyl (C=O) groups is 1. The maximum atomic E-state index is 12.9. The number of nitrogens with one attached hydrogen (secondary N) is 1. The summed E-state index contributed by atoms with van der Waals surface area (Å²) >= 11 is 0. The largest absolute Gasteiger partial charge is 0.477 e. The molecule has 2 aromatic carbocycles. The maximum absolute atomic E-state index is 12.9. The van der Waals surface area contributed by atoms with Crippen LogP contribution in [0.3, 0.4) is 0 Å². The van der Waals surface area contributed by atoms with Crippen molar-refractivity contribution in [1.82, 2.24) is 4.98 Å². The van der Waals surface area contributed by atoms with Crippen LogP contribution in [0, 0.1) is 0 Å². The van der Waals surface area contributed by atoms with E-state index in [0.717, 1.165) is 0 Å². The van der Waals surface area contributed by atoms with E-state index in [1.54, 1.807) is 24.3 Å². The number of H-pyrrole nitrogens is 1. The second-order valence-electron chi connectivity index (χ2n) is 5.97. The molecular formula is C19H15NO3. The third-order valence-electron chi connectivity index (χ3n) is 4.62. The minimum atomic E-state index is -1.08. The van der Waals surface area contributed by atoms with E-state index in [4.69, 9.17) is 0 Å². The summed E-state index contributed by atoms with van der Waals surface area (Å²) in [6.07, 6.45) is 1.41. The lowest BCUT2D eigenvalue weighted by Crippen LogP contribution is -2.22. The molecule has 1 heterocycles. The van der Waals surface area contributed by atoms with Crippen molar-refractivity contribution < 1.29 is 9.90 Å². The predicted molar refractivity (Wildman–Crippen MR) is 88.1 cm³/mol. The van der Waals surface area contributed by atoms with E-state index in [1.807, 2.05) is 24.3 Å². The van der Waals surface area contributed by atoms with Crippen molar-refractivity contribution >= 4 is 16.9 Å². The molecular weight excluding hydrogens is 290 g/mol. The second kappa shape index (κ2) is 5.09. The van der Waals surface area contributed by atoms with Crippen molar-refractivity contribution in [3.63, 3.8) is 0 Å². The highest BCUT2D eigenvalue weighted by Gasteiger charge is 2.29. The van der Waals surface area contributed by atoms with E-state index in [1.165, 1.54) is 11.1 Å². The first-order valence-electron chi connectivity index (χ1n) is 7.60. The number of carboxylic acid groups (broad SMARTS) is 1. The number of rotatable bonds is 2. The van der Waals surface area contributed by atoms with Gasteiger partial charge in [-0.1, -0.05) is 36.4 Å². The van der Waals surface area contributed by atoms with Gasteiger partial charge in [0.05, 0.1) is 0 Å². The van der Waals surface area contributed by atoms with Crippen LogP contribution >= 0.6 is 0 Å². The van der Waals surface area contributed by atoms with Gasteiger partial charge in [0.1, 0.15) is 5.69 Å². The zero-order valence-corrected chi connectivity index (χ0v) is 12.4. The minimum absolute atomic E-state index is 0.0199. The van der Waals surface area contributed by atoms with Crippen molar-refractivity contribution in [3.05, 3.63) is 81.1 Å². The molecule has 114 valence electrons. The van der Waals surface area contributed by atoms with Crippen LogP contribution in [-0.2, 0) is 12.8 Å². The van der Waals surface area contributed by atoms with Gasteiger partial charge in [-0.2, -0.15) is 0 Å². The Balaban J connectivity index is 1.93. The predicted octanol–water partition coefficient (Wildman–Crippen LogP) is 3.11. The highest BCUT2D eigenvalue weighted by molar-refractivity contribution is 5.92. The van der Waals surface area contributed by atoms with Crippen LogP contribution in [0.5, 0.6) is 0 Å². The highest BCUT2D eigenvalue weighted by Crippen LogP contribution is 2.34. The smallest absolute Gasteiger partial charge is 0.352 e. The second-order valence-corrected chi connectivity index (χ2v) is 5.97. The third kappa shape index (κ3) is 2.14. The lowest BCUT2D eigenvalue weighted by Gasteiger charge is -2.13. The van der Waals surface area contributed by atoms with E-state index in [9.17, 15) is 14.7 Å². The van der Waals surface area contributed by atoms with Crippen LogP contribution in [0.15, 0.2) is 53.3 Å². The van der Waals surface area contributed by atoms with Crippen molar-refractivity contribution in [1.29, 1.82) is 0 Å². The van der Waals surface area contributed by atoms with Crippen LogP contribution in [-0.4, -0.2) is 16.1 Å². The Hall–Kier alpha value is -2.88. The number of fused-ring (bicyclic) bond motifs is 2. The number of hydrogen-bond donors (Lipinski definition) is 2. The lowest BCUT2D eigenvalue weighted by atomic mass is 9.92. The van der Waals surface area contributed by atoms with E-state index < -0.39 is 5.97 Å². The molecule has 0 saturated carbocycles. The van der Waals surface area contributed by atoms with Crippen LogP contribution in [0.2, 0.25) is 0 Å². The Kier molecular flexibility index (Phi) is 3.05. The van der Waals surface area contributed by atoms with E-state index in [-0.39, 0.29) is 17.0 Å². The fourth-order valence-corrected chi connectivity index (χ4v) is 3.57. The molecule has 0 aliphatic heterocycles. The molecule has 4 heteroatoms. The van der Waals surface area contributed by atoms with E-state index >= 15 is 0 Å². The molecule has 3 aromatic rings. The molecule has 0 unspecified atom stereocenters. The number of aromatic carboxylic acids is 1. The average molecular weight is 305 g/mol. The van der Waals surface area contributed by atoms with Gasteiger partial charge in [-0.25, -0.2) is 4.79 Å². The quantitative estimate of drug-likeness (QED) is 0.764. The van der Waals surface area contributed by atoms with Gasteiger partial charge in [-0.05, 0) is 42.0 Å². The number of carboxylic acids is 1. The first kappa shape index (κ1) is 13.8. The van der Waals surface area contributed by atoms with Crippen LogP contribution in [0.25, 0.3) is 10.9 Å². The standard InChI is InChI=1S/C19H15NO3/c21-18-14-7-3-4-8-15(14)20-17(19(22)23)16(18)13-9-11-5-1-2-6-12(11)10-13/h1-8,13H,9-10H2,(H,20,21)(H,22,23). The van der Waals surface area contributed by atoms with Gasteiger partial charge in [-0.3, -0.25) is 4.79 Å². The minimum Gasteiger partial charge on any atom is -0.477 e. The zero-order valence-electron chi connectivity index (χ0n) is 12.4. The first-order valence-corrected chi connectivity index (χ1v) is 7.60. The molecule has 1 aromatic heterocycles. The third-order valence-corrected chi connectivity index (χ3v) is 4.62. The first-order chi connectivity index (χ1) is 11.1. The normalized spacial score (nSPS) is 14.1. The molecule has 1 aliphatic rings. The molecule has 0 saturated heterocycles. The summed E-state index contributed by atoms with van der Waals surface area (Å²) in [5, 5.41) is 10.1. The molecule has 0 atom stereocenters. The zero-order chi connectivity index (χ0) is 16.0. The Morgan fingerprint density at radius 1 is 1.00 bits per heavy atom. The number of hydrogen-bond acceptors (Lipinski definition) is 2. The van der Waals surface area contributed by atoms with Gasteiger partial charge in [0.25, 0.3) is 0 Å². The molecule has 0 amide bonds. The topological polar surface area (TPSA) is 70.2 Å². The highest BCUT2D eigenvalue weighted by atomic mass is 16.4. The van der Waals surface area contributed by atoms with Gasteiger partial charge in [-0.15, -0.1) is 0 Å². The summed E-state index contributed by atoms with van der Waals surface area (Å²) in [7, 11) is 0. The van der Waals surface area contributed by atoms with Crippen molar-refractivity contribution in [2.75, 3.05) is 0 Å². The molecule has 0 radical (unpaired) electrons. The Bertz CT molecular complexity index is 962. The van der Waals surface area contributed by atoms with Crippen molar-refractivity contribution in [3.8, 4) is 0 Å². The number of para-hydroxylation sites is 1. The summed E-state index contributed by atoms with van der Waals surface area (Å²) in [5.74, 6) is -1.18. The molecule has 0 spiro atoms. The summed E-state index contributed by atoms with van der Waals surface area (Å²) in [5.41, 5.74) is 3.20. The molecule has 4 nitrogen and oxygen atoms in total. The van der Waals surface area contributed by atoms with Crippen molar-refractivity contribution in [2.45, 2.75) is 18.8 Å². The van der Waals surface area contributed by atoms with E-state index in [0.29, 0.717) is 29.3 Å². The molecule has 4 rings (SSSR count). The van der Waals surface area contributed by atoms with Crippen LogP contribution in [0.1, 0.15) is 33.1 Å². The Labute approximate surface area is 132 Å². The fourth-order valence-electron chi connectivity index (χ4n) is 3.57. The van der Waals surface area contributed by atoms with E-state index in [2.05, 4.69) is 4.98 Å². The summed E-state index contributed by atoms with van der Waals surface area (Å²) in [6.45, 7) is 0. The molecule has 0 bridgehead atoms. The molecule has 1 aliphatic carbocycles. The molecule has 2 N–H and O–H groups in total. The molecule has 0 fully saturated rings. The van der Waals surface area contributed by atoms with Gasteiger partial charge < -0.3 is 10.1 Å². The number of pyridine rings is 1. The lowest BCUT2D eigenvalue weighted by molar-refractivity contribution is 0.0689. The number of aromatic amines is 1. The Morgan fingerprint density at radius 3 is 2.26 bits per heavy atom. The van der Waals surface area contributed by atoms with Crippen LogP contribution in [0.4, 0.5) is 0 Å². The van der Waals surface area contributed by atoms with Gasteiger partial charge >= 0.3 is 5.97 Å². The summed E-state index contributed by atoms with van der Waals surface area (Å²) < 4.78 is 0. The SMILES string of the molecule is O=C(O)c1[nH]c2ccccc2c(=O)c1C1Cc2ccccc2C1. The van der Waals surface area contributed by atoms with Gasteiger partial charge in [0.2, 0.25) is 0 Å². The molecule has 23 heavy (non-hydrogen) atoms. The number of benzene rings is 2. The van der Waals surface area contributed by atoms with Crippen molar-refractivity contribution in [2.24, 2.45) is 0 Å². The van der Waals surface area contributed by atoms with Gasteiger partial charge in [0, 0.05) is 16.5 Å². The summed E-state index contributed by atoms with van der Waals surface area (Å²) in [4.78, 5) is 27.5. The maximum Gasteiger partial charge on any atom is 0.352 e. The van der Waals surface area contributed by atoms with Crippen LogP contribution < -0.4 is 5.43 Å².